The van der Waals surface area contributed by atoms with E-state index in [1.807, 2.05) is 149 Å². The van der Waals surface area contributed by atoms with E-state index in [9.17, 15) is 33.6 Å². The zero-order chi connectivity index (χ0) is 67.0. The molecule has 1 rings (SSSR count). The third-order valence-electron chi connectivity index (χ3n) is 9.35. The van der Waals surface area contributed by atoms with Gasteiger partial charge in [0.1, 0.15) is 5.75 Å². The number of ether oxygens (including phenoxy) is 4. The third-order valence-corrected chi connectivity index (χ3v) is 9.35. The number of rotatable bonds is 17. The minimum Gasteiger partial charge on any atom is -0.493 e. The van der Waals surface area contributed by atoms with Crippen molar-refractivity contribution in [2.45, 2.75) is 233 Å². The maximum atomic E-state index is 12.0. The van der Waals surface area contributed by atoms with Crippen molar-refractivity contribution in [2.24, 2.45) is 54.1 Å². The highest BCUT2D eigenvalue weighted by molar-refractivity contribution is 5.80. The number of nitrogens with one attached hydrogen (secondary N) is 7. The van der Waals surface area contributed by atoms with Crippen LogP contribution in [-0.4, -0.2) is 101 Å². The van der Waals surface area contributed by atoms with Crippen LogP contribution < -0.4 is 42.0 Å². The van der Waals surface area contributed by atoms with Crippen molar-refractivity contribution in [3.8, 4) is 5.75 Å². The normalized spacial score (nSPS) is 12.2. The number of carbonyl (C=O) groups is 7. The van der Waals surface area contributed by atoms with Gasteiger partial charge in [0.2, 0.25) is 23.6 Å². The zero-order valence-electron chi connectivity index (χ0n) is 59.0. The molecule has 0 aliphatic heterocycles. The Morgan fingerprint density at radius 2 is 0.583 bits per heavy atom. The maximum Gasteiger partial charge on any atom is 0.407 e. The second-order valence-electron chi connectivity index (χ2n) is 33.8. The van der Waals surface area contributed by atoms with Crippen LogP contribution in [0.2, 0.25) is 0 Å². The monoisotopic (exact) mass is 1190 g/mol. The summed E-state index contributed by atoms with van der Waals surface area (Å²) in [4.78, 5) is 80.3. The van der Waals surface area contributed by atoms with Crippen molar-refractivity contribution in [1.29, 1.82) is 0 Å². The van der Waals surface area contributed by atoms with E-state index in [-0.39, 0.29) is 116 Å². The van der Waals surface area contributed by atoms with Gasteiger partial charge in [0.25, 0.3) is 0 Å². The van der Waals surface area contributed by atoms with Crippen LogP contribution in [0, 0.1) is 54.1 Å². The van der Waals surface area contributed by atoms with Crippen LogP contribution in [0.1, 0.15) is 233 Å². The molecule has 0 heterocycles. The molecule has 7 amide bonds. The van der Waals surface area contributed by atoms with Gasteiger partial charge in [0.15, 0.2) is 0 Å². The van der Waals surface area contributed by atoms with Crippen molar-refractivity contribution >= 4 is 41.9 Å². The lowest BCUT2D eigenvalue weighted by Gasteiger charge is -2.21. The highest BCUT2D eigenvalue weighted by Crippen LogP contribution is 2.22. The van der Waals surface area contributed by atoms with Gasteiger partial charge in [-0.2, -0.15) is 0 Å². The van der Waals surface area contributed by atoms with Gasteiger partial charge < -0.3 is 56.2 Å². The lowest BCUT2D eigenvalue weighted by atomic mass is 9.92. The highest BCUT2D eigenvalue weighted by Gasteiger charge is 2.21. The van der Waals surface area contributed by atoms with E-state index in [0.717, 1.165) is 11.3 Å². The fourth-order valence-corrected chi connectivity index (χ4v) is 5.42. The molecule has 1 aromatic rings. The Labute approximate surface area is 512 Å². The summed E-state index contributed by atoms with van der Waals surface area (Å²) in [5.41, 5.74) is 1.21. The van der Waals surface area contributed by atoms with Crippen LogP contribution in [0.25, 0.3) is 0 Å². The quantitative estimate of drug-likeness (QED) is 0.0572. The van der Waals surface area contributed by atoms with Crippen molar-refractivity contribution in [3.05, 3.63) is 29.8 Å². The number of hydrogen-bond donors (Lipinski definition) is 7. The largest absolute Gasteiger partial charge is 0.493 e. The zero-order valence-corrected chi connectivity index (χ0v) is 59.0. The fraction of sp³-hybridized carbons (Fsp3) is 0.803. The molecule has 0 bridgehead atoms. The second-order valence-corrected chi connectivity index (χ2v) is 33.8. The maximum absolute atomic E-state index is 12.0. The van der Waals surface area contributed by atoms with Crippen LogP contribution in [0.15, 0.2) is 24.3 Å². The van der Waals surface area contributed by atoms with Crippen molar-refractivity contribution in [1.82, 2.24) is 37.2 Å². The molecule has 0 atom stereocenters. The Balaban J connectivity index is -0.000000488. The number of carbonyl (C=O) groups excluding carboxylic acids is 7. The van der Waals surface area contributed by atoms with E-state index < -0.39 is 0 Å². The summed E-state index contributed by atoms with van der Waals surface area (Å²) in [6, 6.07) is 7.54. The summed E-state index contributed by atoms with van der Waals surface area (Å²) in [7, 11) is 0. The third kappa shape index (κ3) is 72.8. The van der Waals surface area contributed by atoms with Gasteiger partial charge in [0.05, 0.1) is 46.2 Å². The molecule has 0 saturated heterocycles. The van der Waals surface area contributed by atoms with E-state index in [1.165, 1.54) is 0 Å². The molecule has 0 aliphatic rings. The van der Waals surface area contributed by atoms with Gasteiger partial charge in [-0.15, -0.1) is 0 Å². The number of amides is 7. The lowest BCUT2D eigenvalue weighted by molar-refractivity contribution is -0.125. The molecule has 0 fully saturated rings. The smallest absolute Gasteiger partial charge is 0.407 e. The number of alkyl carbamates (subject to hydrolysis) is 3. The van der Waals surface area contributed by atoms with E-state index >= 15 is 0 Å². The second kappa shape index (κ2) is 38.0. The van der Waals surface area contributed by atoms with Crippen LogP contribution in [-0.2, 0) is 39.8 Å². The Bertz CT molecular complexity index is 1880. The van der Waals surface area contributed by atoms with Gasteiger partial charge in [-0.25, -0.2) is 14.4 Å². The van der Waals surface area contributed by atoms with Gasteiger partial charge in [0, 0.05) is 38.9 Å². The lowest BCUT2D eigenvalue weighted by Crippen LogP contribution is -2.39. The molecular weight excluding hydrogens is 1070 g/mol. The number of benzene rings is 1. The predicted molar refractivity (Wildman–Crippen MR) is 344 cm³/mol. The Kier molecular flexibility index (Phi) is 38.5. The first-order chi connectivity index (χ1) is 37.2. The van der Waals surface area contributed by atoms with Gasteiger partial charge >= 0.3 is 18.3 Å². The van der Waals surface area contributed by atoms with Crippen molar-refractivity contribution < 1.29 is 52.5 Å². The standard InChI is InChI=1S/C20H32N2O3.C13H26N2O2.3C11H23NO2/c1-19(2,3)12-18(24)22-14-21-17(23)11-15-8-7-9-16(10-15)25-13-20(4,5)6;1-12(2,3)7-10(16)14-9-15-11(17)8-13(4,5)6;3*1-10(2,3)7-12-9(13)14-8-11(4,5)6/h7-10H,11-14H2,1-6H3,(H,21,23)(H,22,24);7-9H2,1-6H3,(H,14,16)(H,15,17);3*7-8H2,1-6H3,(H,12,13). The molecule has 0 aliphatic carbocycles. The van der Waals surface area contributed by atoms with E-state index in [1.54, 1.807) is 0 Å². The molecule has 1 aromatic carbocycles. The summed E-state index contributed by atoms with van der Waals surface area (Å²) in [5.74, 6) is 0.496. The molecule has 0 unspecified atom stereocenters. The Morgan fingerprint density at radius 3 is 0.821 bits per heavy atom. The highest BCUT2D eigenvalue weighted by atomic mass is 16.6. The Morgan fingerprint density at radius 1 is 0.321 bits per heavy atom. The topological polar surface area (TPSA) is 241 Å². The van der Waals surface area contributed by atoms with Gasteiger partial charge in [-0.05, 0) is 71.8 Å². The van der Waals surface area contributed by atoms with Crippen molar-refractivity contribution in [2.75, 3.05) is 59.4 Å². The van der Waals surface area contributed by atoms with Crippen LogP contribution in [0.5, 0.6) is 5.75 Å². The molecule has 0 saturated carbocycles. The first-order valence-electron chi connectivity index (χ1n) is 29.7. The summed E-state index contributed by atoms with van der Waals surface area (Å²) in [6.07, 6.45) is 0.627. The summed E-state index contributed by atoms with van der Waals surface area (Å²) < 4.78 is 20.9. The summed E-state index contributed by atoms with van der Waals surface area (Å²) in [6.45, 7) is 65.5. The van der Waals surface area contributed by atoms with Crippen molar-refractivity contribution in [3.63, 3.8) is 0 Å². The summed E-state index contributed by atoms with van der Waals surface area (Å²) in [5, 5.41) is 19.0. The fourth-order valence-electron chi connectivity index (χ4n) is 5.42. The van der Waals surface area contributed by atoms with Crippen LogP contribution in [0.4, 0.5) is 14.4 Å². The molecule has 0 spiro atoms. The van der Waals surface area contributed by atoms with E-state index in [4.69, 9.17) is 18.9 Å². The van der Waals surface area contributed by atoms with Crippen LogP contribution >= 0.6 is 0 Å². The summed E-state index contributed by atoms with van der Waals surface area (Å²) >= 11 is 0. The molecule has 0 radical (unpaired) electrons. The number of hydrogen-bond acceptors (Lipinski definition) is 11. The molecular formula is C66H127N7O11. The molecule has 492 valence electrons. The molecule has 84 heavy (non-hydrogen) atoms. The molecule has 7 N–H and O–H groups in total. The van der Waals surface area contributed by atoms with Gasteiger partial charge in [-0.1, -0.05) is 220 Å². The first kappa shape index (κ1) is 85.2. The average molecular weight is 1190 g/mol. The SMILES string of the molecule is CC(C)(C)CC(=O)NCNC(=O)CC(C)(C)C.CC(C)(C)CNC(=O)OCC(C)(C)C.CC(C)(C)CNC(=O)OCC(C)(C)C.CC(C)(C)CNC(=O)OCC(C)(C)C.CC(C)(C)COc1cccc(CC(=O)NCNC(=O)CC(C)(C)C)c1. The Hall–Kier alpha value is -5.29. The minimum absolute atomic E-state index is 0.0269. The predicted octanol–water partition coefficient (Wildman–Crippen LogP) is 13.7. The average Bonchev–Trinajstić information content (AvgIpc) is 3.24. The molecule has 0 aromatic heterocycles. The van der Waals surface area contributed by atoms with Gasteiger partial charge in [-0.3, -0.25) is 19.2 Å². The minimum atomic E-state index is -0.324. The van der Waals surface area contributed by atoms with E-state index in [0.29, 0.717) is 65.3 Å². The molecule has 18 nitrogen and oxygen atoms in total. The van der Waals surface area contributed by atoms with Crippen LogP contribution in [0.3, 0.4) is 0 Å². The molecule has 18 heteroatoms. The first-order valence-corrected chi connectivity index (χ1v) is 29.7. The van der Waals surface area contributed by atoms with E-state index in [2.05, 4.69) is 120 Å².